The van der Waals surface area contributed by atoms with Crippen molar-refractivity contribution in [1.29, 1.82) is 0 Å². The molecule has 0 saturated carbocycles. The Balaban J connectivity index is 2.38. The van der Waals surface area contributed by atoms with E-state index >= 15 is 0 Å². The first kappa shape index (κ1) is 11.0. The SMILES string of the molecule is COC(=O)c1cc(C)ccc1N1CCCC1. The Labute approximate surface area is 96.0 Å². The second-order valence-electron chi connectivity index (χ2n) is 4.21. The molecule has 0 spiro atoms. The van der Waals surface area contributed by atoms with Gasteiger partial charge in [0.1, 0.15) is 0 Å². The molecule has 0 aromatic heterocycles. The van der Waals surface area contributed by atoms with Crippen molar-refractivity contribution in [2.75, 3.05) is 25.1 Å². The van der Waals surface area contributed by atoms with Crippen LogP contribution in [0.3, 0.4) is 0 Å². The fourth-order valence-electron chi connectivity index (χ4n) is 2.16. The lowest BCUT2D eigenvalue weighted by Crippen LogP contribution is -2.21. The minimum absolute atomic E-state index is 0.245. The van der Waals surface area contributed by atoms with Gasteiger partial charge in [0.2, 0.25) is 0 Å². The van der Waals surface area contributed by atoms with Crippen LogP contribution in [0.1, 0.15) is 28.8 Å². The number of ether oxygens (including phenoxy) is 1. The fourth-order valence-corrected chi connectivity index (χ4v) is 2.16. The van der Waals surface area contributed by atoms with Crippen molar-refractivity contribution in [3.63, 3.8) is 0 Å². The number of nitrogens with zero attached hydrogens (tertiary/aromatic N) is 1. The molecule has 16 heavy (non-hydrogen) atoms. The molecule has 1 aromatic carbocycles. The lowest BCUT2D eigenvalue weighted by molar-refractivity contribution is 0.0601. The Morgan fingerprint density at radius 1 is 1.31 bits per heavy atom. The van der Waals surface area contributed by atoms with Crippen LogP contribution in [0.25, 0.3) is 0 Å². The molecular weight excluding hydrogens is 202 g/mol. The zero-order valence-electron chi connectivity index (χ0n) is 9.82. The molecule has 1 aromatic rings. The fraction of sp³-hybridized carbons (Fsp3) is 0.462. The minimum atomic E-state index is -0.245. The van der Waals surface area contributed by atoms with E-state index in [1.807, 2.05) is 25.1 Å². The van der Waals surface area contributed by atoms with Gasteiger partial charge in [0.05, 0.1) is 18.4 Å². The Morgan fingerprint density at radius 2 is 2.00 bits per heavy atom. The molecule has 3 heteroatoms. The van der Waals surface area contributed by atoms with Crippen molar-refractivity contribution in [2.24, 2.45) is 0 Å². The maximum absolute atomic E-state index is 11.7. The third kappa shape index (κ3) is 2.03. The summed E-state index contributed by atoms with van der Waals surface area (Å²) in [6.45, 7) is 4.06. The van der Waals surface area contributed by atoms with Crippen molar-refractivity contribution >= 4 is 11.7 Å². The molecule has 1 aliphatic heterocycles. The Hall–Kier alpha value is -1.51. The number of anilines is 1. The van der Waals surface area contributed by atoms with Gasteiger partial charge in [-0.2, -0.15) is 0 Å². The van der Waals surface area contributed by atoms with Crippen molar-refractivity contribution in [1.82, 2.24) is 0 Å². The van der Waals surface area contributed by atoms with E-state index in [1.165, 1.54) is 20.0 Å². The zero-order chi connectivity index (χ0) is 11.5. The van der Waals surface area contributed by atoms with Crippen LogP contribution >= 0.6 is 0 Å². The van der Waals surface area contributed by atoms with E-state index < -0.39 is 0 Å². The smallest absolute Gasteiger partial charge is 0.339 e. The van der Waals surface area contributed by atoms with Crippen LogP contribution in [0.2, 0.25) is 0 Å². The Morgan fingerprint density at radius 3 is 2.62 bits per heavy atom. The number of aryl methyl sites for hydroxylation is 1. The Kier molecular flexibility index (Phi) is 3.13. The number of rotatable bonds is 2. The number of esters is 1. The quantitative estimate of drug-likeness (QED) is 0.715. The molecule has 0 radical (unpaired) electrons. The van der Waals surface area contributed by atoms with E-state index in [-0.39, 0.29) is 5.97 Å². The van der Waals surface area contributed by atoms with Gasteiger partial charge < -0.3 is 9.64 Å². The summed E-state index contributed by atoms with van der Waals surface area (Å²) in [4.78, 5) is 13.9. The molecule has 0 bridgehead atoms. The maximum Gasteiger partial charge on any atom is 0.339 e. The highest BCUT2D eigenvalue weighted by Crippen LogP contribution is 2.26. The number of hydrogen-bond acceptors (Lipinski definition) is 3. The van der Waals surface area contributed by atoms with Crippen LogP contribution in [-0.2, 0) is 4.74 Å². The molecule has 86 valence electrons. The molecule has 1 heterocycles. The lowest BCUT2D eigenvalue weighted by atomic mass is 10.1. The van der Waals surface area contributed by atoms with Crippen LogP contribution in [0.4, 0.5) is 5.69 Å². The lowest BCUT2D eigenvalue weighted by Gasteiger charge is -2.20. The van der Waals surface area contributed by atoms with Crippen molar-refractivity contribution in [2.45, 2.75) is 19.8 Å². The average Bonchev–Trinajstić information content (AvgIpc) is 2.81. The van der Waals surface area contributed by atoms with Crippen LogP contribution in [0, 0.1) is 6.92 Å². The van der Waals surface area contributed by atoms with Crippen LogP contribution in [0.15, 0.2) is 18.2 Å². The molecule has 0 unspecified atom stereocenters. The van der Waals surface area contributed by atoms with Crippen LogP contribution in [-0.4, -0.2) is 26.2 Å². The Bertz CT molecular complexity index is 395. The minimum Gasteiger partial charge on any atom is -0.465 e. The molecule has 0 aliphatic carbocycles. The van der Waals surface area contributed by atoms with Gasteiger partial charge in [0, 0.05) is 13.1 Å². The topological polar surface area (TPSA) is 29.5 Å². The number of carbonyl (C=O) groups is 1. The second kappa shape index (κ2) is 4.56. The standard InChI is InChI=1S/C13H17NO2/c1-10-5-6-12(14-7-3-4-8-14)11(9-10)13(15)16-2/h5-6,9H,3-4,7-8H2,1-2H3. The van der Waals surface area contributed by atoms with E-state index in [1.54, 1.807) is 0 Å². The first-order chi connectivity index (χ1) is 7.72. The summed E-state index contributed by atoms with van der Waals surface area (Å²) < 4.78 is 4.83. The van der Waals surface area contributed by atoms with Crippen molar-refractivity contribution < 1.29 is 9.53 Å². The van der Waals surface area contributed by atoms with E-state index in [0.29, 0.717) is 5.56 Å². The highest BCUT2D eigenvalue weighted by molar-refractivity contribution is 5.96. The number of methoxy groups -OCH3 is 1. The van der Waals surface area contributed by atoms with E-state index in [0.717, 1.165) is 24.3 Å². The molecule has 1 fully saturated rings. The first-order valence-corrected chi connectivity index (χ1v) is 5.66. The van der Waals surface area contributed by atoms with Gasteiger partial charge in [-0.15, -0.1) is 0 Å². The summed E-state index contributed by atoms with van der Waals surface area (Å²) in [5.74, 6) is -0.245. The van der Waals surface area contributed by atoms with E-state index in [4.69, 9.17) is 4.74 Å². The van der Waals surface area contributed by atoms with E-state index in [9.17, 15) is 4.79 Å². The van der Waals surface area contributed by atoms with Gasteiger partial charge in [-0.25, -0.2) is 4.79 Å². The number of hydrogen-bond donors (Lipinski definition) is 0. The molecule has 0 N–H and O–H groups in total. The monoisotopic (exact) mass is 219 g/mol. The predicted molar refractivity (Wildman–Crippen MR) is 64.0 cm³/mol. The molecule has 0 atom stereocenters. The average molecular weight is 219 g/mol. The first-order valence-electron chi connectivity index (χ1n) is 5.66. The van der Waals surface area contributed by atoms with E-state index in [2.05, 4.69) is 4.90 Å². The van der Waals surface area contributed by atoms with Crippen molar-refractivity contribution in [3.8, 4) is 0 Å². The summed E-state index contributed by atoms with van der Waals surface area (Å²) in [5, 5.41) is 0. The normalized spacial score (nSPS) is 15.2. The highest BCUT2D eigenvalue weighted by atomic mass is 16.5. The zero-order valence-corrected chi connectivity index (χ0v) is 9.82. The third-order valence-electron chi connectivity index (χ3n) is 3.00. The maximum atomic E-state index is 11.7. The summed E-state index contributed by atoms with van der Waals surface area (Å²) in [7, 11) is 1.43. The van der Waals surface area contributed by atoms with Gasteiger partial charge >= 0.3 is 5.97 Å². The van der Waals surface area contributed by atoms with Gasteiger partial charge in [0.15, 0.2) is 0 Å². The summed E-state index contributed by atoms with van der Waals surface area (Å²) in [6.07, 6.45) is 2.41. The number of benzene rings is 1. The molecule has 3 nitrogen and oxygen atoms in total. The van der Waals surface area contributed by atoms with Crippen LogP contribution in [0.5, 0.6) is 0 Å². The molecule has 2 rings (SSSR count). The van der Waals surface area contributed by atoms with Gasteiger partial charge in [-0.1, -0.05) is 11.6 Å². The van der Waals surface area contributed by atoms with Gasteiger partial charge in [0.25, 0.3) is 0 Å². The third-order valence-corrected chi connectivity index (χ3v) is 3.00. The van der Waals surface area contributed by atoms with Crippen molar-refractivity contribution in [3.05, 3.63) is 29.3 Å². The summed E-state index contributed by atoms with van der Waals surface area (Å²) >= 11 is 0. The van der Waals surface area contributed by atoms with Crippen LogP contribution < -0.4 is 4.90 Å². The molecule has 1 aliphatic rings. The second-order valence-corrected chi connectivity index (χ2v) is 4.21. The predicted octanol–water partition coefficient (Wildman–Crippen LogP) is 2.38. The highest BCUT2D eigenvalue weighted by Gasteiger charge is 2.19. The molecule has 1 saturated heterocycles. The molecule has 0 amide bonds. The van der Waals surface area contributed by atoms with Gasteiger partial charge in [-0.05, 0) is 31.9 Å². The number of carbonyl (C=O) groups excluding carboxylic acids is 1. The largest absolute Gasteiger partial charge is 0.465 e. The summed E-state index contributed by atoms with van der Waals surface area (Å²) in [6, 6.07) is 5.96. The van der Waals surface area contributed by atoms with Gasteiger partial charge in [-0.3, -0.25) is 0 Å². The summed E-state index contributed by atoms with van der Waals surface area (Å²) in [5.41, 5.74) is 2.78. The molecular formula is C13H17NO2.